The van der Waals surface area contributed by atoms with E-state index < -0.39 is 29.4 Å². The van der Waals surface area contributed by atoms with Gasteiger partial charge in [-0.15, -0.1) is 0 Å². The fourth-order valence-electron chi connectivity index (χ4n) is 2.89. The molecule has 36 heavy (non-hydrogen) atoms. The van der Waals surface area contributed by atoms with Crippen molar-refractivity contribution in [1.29, 1.82) is 0 Å². The van der Waals surface area contributed by atoms with Crippen LogP contribution in [0.25, 0.3) is 0 Å². The zero-order valence-electron chi connectivity index (χ0n) is 19.9. The van der Waals surface area contributed by atoms with E-state index in [2.05, 4.69) is 10.6 Å². The molecule has 2 N–H and O–H groups in total. The van der Waals surface area contributed by atoms with Gasteiger partial charge >= 0.3 is 11.9 Å². The molecule has 12 nitrogen and oxygen atoms in total. The Morgan fingerprint density at radius 3 is 2.31 bits per heavy atom. The van der Waals surface area contributed by atoms with Crippen molar-refractivity contribution in [3.63, 3.8) is 0 Å². The number of rotatable bonds is 13. The molecule has 2 aromatic rings. The van der Waals surface area contributed by atoms with Crippen molar-refractivity contribution in [1.82, 2.24) is 0 Å². The standard InChI is InChI=1S/C24H27N3O9/c1-3-13-35-24(31)16-7-9-17(10-8-16)25-21(28)5-4-6-23(30)36-15-22(29)26-19-14-18(34-2)11-12-20(19)27(32)33/h7-12,14H,3-6,13,15H2,1-2H3,(H,25,28)(H,26,29). The molecular weight excluding hydrogens is 474 g/mol. The number of hydrogen-bond donors (Lipinski definition) is 2. The van der Waals surface area contributed by atoms with Crippen LogP contribution in [0.4, 0.5) is 17.1 Å². The Balaban J connectivity index is 1.72. The van der Waals surface area contributed by atoms with Crippen LogP contribution in [0.15, 0.2) is 42.5 Å². The maximum atomic E-state index is 12.1. The van der Waals surface area contributed by atoms with E-state index in [0.29, 0.717) is 23.6 Å². The summed E-state index contributed by atoms with van der Waals surface area (Å²) in [4.78, 5) is 58.2. The minimum Gasteiger partial charge on any atom is -0.497 e. The van der Waals surface area contributed by atoms with Crippen LogP contribution >= 0.6 is 0 Å². The van der Waals surface area contributed by atoms with Crippen LogP contribution in [0.5, 0.6) is 5.75 Å². The van der Waals surface area contributed by atoms with Crippen LogP contribution < -0.4 is 15.4 Å². The third-order valence-corrected chi connectivity index (χ3v) is 4.67. The molecule has 0 bridgehead atoms. The average molecular weight is 501 g/mol. The van der Waals surface area contributed by atoms with Crippen molar-refractivity contribution < 1.29 is 38.3 Å². The van der Waals surface area contributed by atoms with Gasteiger partial charge in [-0.25, -0.2) is 4.79 Å². The fraction of sp³-hybridized carbons (Fsp3) is 0.333. The van der Waals surface area contributed by atoms with Gasteiger partial charge in [-0.2, -0.15) is 0 Å². The van der Waals surface area contributed by atoms with Crippen molar-refractivity contribution >= 4 is 40.8 Å². The molecule has 0 spiro atoms. The van der Waals surface area contributed by atoms with Gasteiger partial charge in [0.05, 0.1) is 24.2 Å². The van der Waals surface area contributed by atoms with E-state index in [-0.39, 0.29) is 36.5 Å². The molecule has 0 unspecified atom stereocenters. The molecule has 0 saturated carbocycles. The summed E-state index contributed by atoms with van der Waals surface area (Å²) in [6, 6.07) is 10.1. The lowest BCUT2D eigenvalue weighted by molar-refractivity contribution is -0.383. The lowest BCUT2D eigenvalue weighted by atomic mass is 10.2. The Bertz CT molecular complexity index is 1100. The van der Waals surface area contributed by atoms with Crippen molar-refractivity contribution in [3.05, 3.63) is 58.1 Å². The third kappa shape index (κ3) is 9.05. The Hall–Kier alpha value is -4.48. The van der Waals surface area contributed by atoms with Gasteiger partial charge in [0.25, 0.3) is 11.6 Å². The van der Waals surface area contributed by atoms with Gasteiger partial charge in [0.15, 0.2) is 6.61 Å². The summed E-state index contributed by atoms with van der Waals surface area (Å²) >= 11 is 0. The Morgan fingerprint density at radius 2 is 1.67 bits per heavy atom. The maximum Gasteiger partial charge on any atom is 0.338 e. The average Bonchev–Trinajstić information content (AvgIpc) is 2.86. The number of esters is 2. The highest BCUT2D eigenvalue weighted by Gasteiger charge is 2.18. The number of nitrogens with one attached hydrogen (secondary N) is 2. The van der Waals surface area contributed by atoms with Crippen LogP contribution in [0.2, 0.25) is 0 Å². The molecule has 2 amide bonds. The summed E-state index contributed by atoms with van der Waals surface area (Å²) in [6.45, 7) is 1.57. The highest BCUT2D eigenvalue weighted by Crippen LogP contribution is 2.28. The number of carbonyl (C=O) groups excluding carboxylic acids is 4. The lowest BCUT2D eigenvalue weighted by Crippen LogP contribution is -2.21. The highest BCUT2D eigenvalue weighted by atomic mass is 16.6. The number of amides is 2. The topological polar surface area (TPSA) is 163 Å². The van der Waals surface area contributed by atoms with Crippen molar-refractivity contribution in [2.75, 3.05) is 31.0 Å². The molecule has 0 aliphatic carbocycles. The molecule has 0 atom stereocenters. The number of ether oxygens (including phenoxy) is 3. The third-order valence-electron chi connectivity index (χ3n) is 4.67. The van der Waals surface area contributed by atoms with E-state index in [4.69, 9.17) is 14.2 Å². The number of carbonyl (C=O) groups is 4. The van der Waals surface area contributed by atoms with Crippen LogP contribution in [0, 0.1) is 10.1 Å². The van der Waals surface area contributed by atoms with Crippen LogP contribution in [0.3, 0.4) is 0 Å². The molecule has 0 saturated heterocycles. The summed E-state index contributed by atoms with van der Waals surface area (Å²) in [7, 11) is 1.37. The number of nitrogens with zero attached hydrogens (tertiary/aromatic N) is 1. The van der Waals surface area contributed by atoms with Gasteiger partial charge in [-0.05, 0) is 43.2 Å². The number of nitro benzene ring substituents is 1. The van der Waals surface area contributed by atoms with Gasteiger partial charge in [-0.3, -0.25) is 24.5 Å². The smallest absolute Gasteiger partial charge is 0.338 e. The monoisotopic (exact) mass is 501 g/mol. The second kappa shape index (κ2) is 14.0. The SMILES string of the molecule is CCCOC(=O)c1ccc(NC(=O)CCCC(=O)OCC(=O)Nc2cc(OC)ccc2[N+](=O)[O-])cc1. The summed E-state index contributed by atoms with van der Waals surface area (Å²) in [6.07, 6.45) is 0.809. The van der Waals surface area contributed by atoms with Gasteiger partial charge in [0.2, 0.25) is 5.91 Å². The molecule has 0 heterocycles. The van der Waals surface area contributed by atoms with Crippen molar-refractivity contribution in [2.45, 2.75) is 32.6 Å². The minimum absolute atomic E-state index is 0.0254. The number of anilines is 2. The number of benzene rings is 2. The largest absolute Gasteiger partial charge is 0.497 e. The molecule has 12 heteroatoms. The first kappa shape index (κ1) is 27.8. The Morgan fingerprint density at radius 1 is 0.944 bits per heavy atom. The first-order valence-corrected chi connectivity index (χ1v) is 11.1. The lowest BCUT2D eigenvalue weighted by Gasteiger charge is -2.09. The van der Waals surface area contributed by atoms with E-state index in [9.17, 15) is 29.3 Å². The molecule has 0 aromatic heterocycles. The highest BCUT2D eigenvalue weighted by molar-refractivity contribution is 5.95. The number of hydrogen-bond acceptors (Lipinski definition) is 9. The van der Waals surface area contributed by atoms with Crippen molar-refractivity contribution in [2.24, 2.45) is 0 Å². The summed E-state index contributed by atoms with van der Waals surface area (Å²) in [5.74, 6) is -1.94. The molecule has 0 radical (unpaired) electrons. The van der Waals surface area contributed by atoms with Crippen LogP contribution in [0.1, 0.15) is 43.0 Å². The minimum atomic E-state index is -0.764. The zero-order chi connectivity index (χ0) is 26.5. The Labute approximate surface area is 207 Å². The van der Waals surface area contributed by atoms with Gasteiger partial charge in [0.1, 0.15) is 11.4 Å². The predicted octanol–water partition coefficient (Wildman–Crippen LogP) is 3.46. The zero-order valence-corrected chi connectivity index (χ0v) is 19.9. The molecule has 0 aliphatic rings. The molecule has 192 valence electrons. The van der Waals surface area contributed by atoms with E-state index in [1.165, 1.54) is 37.4 Å². The van der Waals surface area contributed by atoms with E-state index >= 15 is 0 Å². The Kier molecular flexibility index (Phi) is 10.8. The summed E-state index contributed by atoms with van der Waals surface area (Å²) < 4.78 is 14.9. The predicted molar refractivity (Wildman–Crippen MR) is 129 cm³/mol. The fourth-order valence-corrected chi connectivity index (χ4v) is 2.89. The number of methoxy groups -OCH3 is 1. The summed E-state index contributed by atoms with van der Waals surface area (Å²) in [5.41, 5.74) is 0.419. The number of nitro groups is 1. The second-order valence-electron chi connectivity index (χ2n) is 7.46. The van der Waals surface area contributed by atoms with Gasteiger partial charge < -0.3 is 24.8 Å². The van der Waals surface area contributed by atoms with E-state index in [1.54, 1.807) is 12.1 Å². The quantitative estimate of drug-likeness (QED) is 0.238. The molecule has 0 fully saturated rings. The van der Waals surface area contributed by atoms with Crippen LogP contribution in [-0.4, -0.2) is 49.0 Å². The normalized spacial score (nSPS) is 10.2. The van der Waals surface area contributed by atoms with Gasteiger partial charge in [-0.1, -0.05) is 6.92 Å². The molecule has 0 aliphatic heterocycles. The van der Waals surface area contributed by atoms with E-state index in [1.807, 2.05) is 6.92 Å². The van der Waals surface area contributed by atoms with Crippen LogP contribution in [-0.2, 0) is 23.9 Å². The maximum absolute atomic E-state index is 12.1. The van der Waals surface area contributed by atoms with E-state index in [0.717, 1.165) is 6.42 Å². The molecular formula is C24H27N3O9. The summed E-state index contributed by atoms with van der Waals surface area (Å²) in [5, 5.41) is 16.1. The second-order valence-corrected chi connectivity index (χ2v) is 7.46. The molecule has 2 rings (SSSR count). The first-order valence-electron chi connectivity index (χ1n) is 11.1. The first-order chi connectivity index (χ1) is 17.2. The van der Waals surface area contributed by atoms with Crippen molar-refractivity contribution in [3.8, 4) is 5.75 Å². The molecule has 2 aromatic carbocycles. The van der Waals surface area contributed by atoms with Gasteiger partial charge in [0, 0.05) is 30.7 Å².